The molecule has 0 aliphatic carbocycles. The number of nitrogens with zero attached hydrogens (tertiary/aromatic N) is 2. The summed E-state index contributed by atoms with van der Waals surface area (Å²) in [5, 5.41) is 29.0. The van der Waals surface area contributed by atoms with Crippen molar-refractivity contribution in [2.24, 2.45) is 5.41 Å². The Morgan fingerprint density at radius 2 is 1.77 bits per heavy atom. The van der Waals surface area contributed by atoms with Gasteiger partial charge in [-0.3, -0.25) is 4.98 Å². The van der Waals surface area contributed by atoms with Crippen molar-refractivity contribution in [3.05, 3.63) is 99.8 Å². The molecule has 0 amide bonds. The number of aromatic carboxylic acids is 1. The third kappa shape index (κ3) is 7.23. The highest BCUT2D eigenvalue weighted by Crippen LogP contribution is 2.46. The third-order valence-corrected chi connectivity index (χ3v) is 8.20. The highest BCUT2D eigenvalue weighted by Gasteiger charge is 2.48. The van der Waals surface area contributed by atoms with Gasteiger partial charge in [-0.25, -0.2) is 9.59 Å². The molecule has 234 valence electrons. The zero-order valence-corrected chi connectivity index (χ0v) is 24.8. The lowest BCUT2D eigenvalue weighted by atomic mass is 9.66. The van der Waals surface area contributed by atoms with E-state index in [1.54, 1.807) is 24.4 Å². The second-order valence-electron chi connectivity index (χ2n) is 11.3. The number of hydrogen-bond acceptors (Lipinski definition) is 6. The number of carboxylic acids is 2. The predicted molar refractivity (Wildman–Crippen MR) is 158 cm³/mol. The first-order chi connectivity index (χ1) is 20.6. The number of halogens is 4. The Bertz CT molecular complexity index is 1560. The van der Waals surface area contributed by atoms with Crippen LogP contribution in [0.4, 0.5) is 13.2 Å². The number of aromatic nitrogens is 1. The summed E-state index contributed by atoms with van der Waals surface area (Å²) in [6.07, 6.45) is 0.211. The van der Waals surface area contributed by atoms with Crippen LogP contribution in [-0.2, 0) is 17.0 Å². The number of ether oxygens (including phenoxy) is 1. The normalized spacial score (nSPS) is 20.3. The van der Waals surface area contributed by atoms with E-state index in [4.69, 9.17) is 26.2 Å². The average Bonchev–Trinajstić information content (AvgIpc) is 3.11. The van der Waals surface area contributed by atoms with Crippen molar-refractivity contribution in [1.29, 1.82) is 0 Å². The van der Waals surface area contributed by atoms with E-state index in [1.807, 2.05) is 36.4 Å². The van der Waals surface area contributed by atoms with E-state index in [9.17, 15) is 28.2 Å². The van der Waals surface area contributed by atoms with Gasteiger partial charge < -0.3 is 25.0 Å². The van der Waals surface area contributed by atoms with Crippen molar-refractivity contribution in [2.75, 3.05) is 19.6 Å². The number of rotatable bonds is 5. The molecular formula is C32H32ClF3N2O6. The van der Waals surface area contributed by atoms with E-state index in [2.05, 4.69) is 29.8 Å². The summed E-state index contributed by atoms with van der Waals surface area (Å²) in [6.45, 7) is 6.88. The number of likely N-dealkylation sites (tertiary alicyclic amines) is 1. The van der Waals surface area contributed by atoms with Crippen molar-refractivity contribution >= 4 is 29.1 Å². The molecule has 1 saturated heterocycles. The van der Waals surface area contributed by atoms with Gasteiger partial charge in [0.2, 0.25) is 0 Å². The molecule has 0 spiro atoms. The first-order valence-electron chi connectivity index (χ1n) is 13.8. The van der Waals surface area contributed by atoms with Crippen LogP contribution in [0.25, 0.3) is 5.57 Å². The van der Waals surface area contributed by atoms with Crippen LogP contribution in [0, 0.1) is 5.41 Å². The summed E-state index contributed by atoms with van der Waals surface area (Å²) >= 11 is 6.07. The smallest absolute Gasteiger partial charge is 0.487 e. The molecular weight excluding hydrogens is 601 g/mol. The summed E-state index contributed by atoms with van der Waals surface area (Å²) in [5.41, 5.74) is 3.32. The molecule has 12 heteroatoms. The minimum absolute atomic E-state index is 0.222. The Morgan fingerprint density at radius 1 is 1.09 bits per heavy atom. The van der Waals surface area contributed by atoms with Gasteiger partial charge in [0.25, 0.3) is 0 Å². The number of aliphatic carboxylic acids is 1. The van der Waals surface area contributed by atoms with Crippen molar-refractivity contribution in [2.45, 2.75) is 45.1 Å². The Morgan fingerprint density at radius 3 is 2.39 bits per heavy atom. The summed E-state index contributed by atoms with van der Waals surface area (Å²) in [7, 11) is 0. The fourth-order valence-corrected chi connectivity index (χ4v) is 5.70. The first-order valence-corrected chi connectivity index (χ1v) is 14.2. The quantitative estimate of drug-likeness (QED) is 0.296. The molecule has 2 aromatic carbocycles. The summed E-state index contributed by atoms with van der Waals surface area (Å²) < 4.78 is 37.7. The zero-order chi connectivity index (χ0) is 32.3. The first kappa shape index (κ1) is 33.0. The van der Waals surface area contributed by atoms with Gasteiger partial charge in [0.05, 0.1) is 16.9 Å². The maximum absolute atomic E-state index is 11.7. The minimum atomic E-state index is -5.08. The van der Waals surface area contributed by atoms with Gasteiger partial charge >= 0.3 is 18.1 Å². The molecule has 8 nitrogen and oxygen atoms in total. The highest BCUT2D eigenvalue weighted by molar-refractivity contribution is 6.30. The van der Waals surface area contributed by atoms with Gasteiger partial charge in [0.15, 0.2) is 0 Å². The Labute approximate surface area is 257 Å². The molecule has 0 unspecified atom stereocenters. The fraction of sp³-hybridized carbons (Fsp3) is 0.344. The Balaban J connectivity index is 0.000000566. The number of aliphatic hydroxyl groups is 1. The van der Waals surface area contributed by atoms with Crippen LogP contribution in [0.1, 0.15) is 59.4 Å². The second kappa shape index (κ2) is 13.0. The monoisotopic (exact) mass is 632 g/mol. The molecule has 1 aromatic heterocycles. The van der Waals surface area contributed by atoms with Gasteiger partial charge in [0.1, 0.15) is 12.4 Å². The Hall–Kier alpha value is -3.93. The van der Waals surface area contributed by atoms with E-state index >= 15 is 0 Å². The number of piperidine rings is 1. The van der Waals surface area contributed by atoms with E-state index in [-0.39, 0.29) is 11.0 Å². The number of hydrogen-bond donors (Lipinski definition) is 3. The van der Waals surface area contributed by atoms with Gasteiger partial charge in [-0.05, 0) is 60.4 Å². The molecule has 3 N–H and O–H groups in total. The van der Waals surface area contributed by atoms with Crippen LogP contribution >= 0.6 is 11.6 Å². The molecule has 2 aliphatic heterocycles. The standard InChI is InChI=1S/C30H31ClN2O4.C2HF3O2/c1-29(2)19-33(16-13-30(29,36)21-8-10-22(31)11-9-21)15-4-6-23-24-5-3-14-32-26(24)18-37-27-12-7-20(28(34)35)17-25(23)27;3-2(4,5)1(6)7/h3,5-12,14,17,36H,4,13,15-16,18-19H2,1-2H3,(H,34,35);(H,6,7)/b23-6+;/t30-;/m0./s1. The lowest BCUT2D eigenvalue weighted by Gasteiger charge is -2.50. The van der Waals surface area contributed by atoms with Crippen LogP contribution in [0.15, 0.2) is 66.9 Å². The van der Waals surface area contributed by atoms with Crippen molar-refractivity contribution in [3.63, 3.8) is 0 Å². The lowest BCUT2D eigenvalue weighted by molar-refractivity contribution is -0.192. The van der Waals surface area contributed by atoms with Crippen LogP contribution in [-0.4, -0.2) is 63.0 Å². The van der Waals surface area contributed by atoms with Crippen molar-refractivity contribution in [1.82, 2.24) is 9.88 Å². The highest BCUT2D eigenvalue weighted by atomic mass is 35.5. The minimum Gasteiger partial charge on any atom is -0.487 e. The molecule has 0 bridgehead atoms. The van der Waals surface area contributed by atoms with Crippen LogP contribution < -0.4 is 4.74 Å². The molecule has 3 heterocycles. The van der Waals surface area contributed by atoms with Gasteiger partial charge in [0, 0.05) is 47.4 Å². The Kier molecular flexibility index (Phi) is 9.72. The fourth-order valence-electron chi connectivity index (χ4n) is 5.58. The molecule has 0 saturated carbocycles. The number of benzene rings is 2. The lowest BCUT2D eigenvalue weighted by Crippen LogP contribution is -2.55. The molecule has 5 rings (SSSR count). The largest absolute Gasteiger partial charge is 0.490 e. The van der Waals surface area contributed by atoms with Crippen LogP contribution in [0.3, 0.4) is 0 Å². The zero-order valence-electron chi connectivity index (χ0n) is 24.1. The molecule has 3 aromatic rings. The van der Waals surface area contributed by atoms with Gasteiger partial charge in [-0.1, -0.05) is 49.7 Å². The molecule has 1 atom stereocenters. The number of fused-ring (bicyclic) bond motifs is 2. The predicted octanol–water partition coefficient (Wildman–Crippen LogP) is 6.40. The molecule has 1 fully saturated rings. The maximum Gasteiger partial charge on any atom is 0.490 e. The molecule has 2 aliphatic rings. The number of alkyl halides is 3. The number of carboxylic acid groups (broad SMARTS) is 2. The topological polar surface area (TPSA) is 120 Å². The molecule has 44 heavy (non-hydrogen) atoms. The number of carbonyl (C=O) groups is 2. The maximum atomic E-state index is 11.7. The average molecular weight is 633 g/mol. The van der Waals surface area contributed by atoms with Crippen molar-refractivity contribution in [3.8, 4) is 5.75 Å². The second-order valence-corrected chi connectivity index (χ2v) is 11.7. The summed E-state index contributed by atoms with van der Waals surface area (Å²) in [5.74, 6) is -3.07. The summed E-state index contributed by atoms with van der Waals surface area (Å²) in [4.78, 5) is 27.5. The molecule has 0 radical (unpaired) electrons. The van der Waals surface area contributed by atoms with Gasteiger partial charge in [-0.2, -0.15) is 13.2 Å². The summed E-state index contributed by atoms with van der Waals surface area (Å²) in [6, 6.07) is 16.4. The van der Waals surface area contributed by atoms with Crippen molar-refractivity contribution < 1.29 is 42.8 Å². The van der Waals surface area contributed by atoms with E-state index in [0.717, 1.165) is 54.0 Å². The van der Waals surface area contributed by atoms with E-state index in [1.165, 1.54) is 0 Å². The SMILES string of the molecule is CC1(C)CN(CC/C=C2/c3cc(C(=O)O)ccc3OCc3ncccc32)CC[C@]1(O)c1ccc(Cl)cc1.O=C(O)C(F)(F)F. The number of pyridine rings is 1. The third-order valence-electron chi connectivity index (χ3n) is 7.95. The van der Waals surface area contributed by atoms with Gasteiger partial charge in [-0.15, -0.1) is 0 Å². The van der Waals surface area contributed by atoms with Crippen LogP contribution in [0.5, 0.6) is 5.75 Å². The van der Waals surface area contributed by atoms with E-state index in [0.29, 0.717) is 23.8 Å². The van der Waals surface area contributed by atoms with Crippen LogP contribution in [0.2, 0.25) is 5.02 Å². The van der Waals surface area contributed by atoms with E-state index < -0.39 is 23.7 Å².